The third kappa shape index (κ3) is 2.36. The van der Waals surface area contributed by atoms with Crippen LogP contribution in [-0.2, 0) is 4.79 Å². The fourth-order valence-corrected chi connectivity index (χ4v) is 2.13. The Kier molecular flexibility index (Phi) is 3.14. The van der Waals surface area contributed by atoms with Crippen molar-refractivity contribution in [2.45, 2.75) is 12.2 Å². The Morgan fingerprint density at radius 1 is 1.50 bits per heavy atom. The van der Waals surface area contributed by atoms with E-state index in [0.29, 0.717) is 5.17 Å². The minimum Gasteiger partial charge on any atom is -0.497 e. The summed E-state index contributed by atoms with van der Waals surface area (Å²) in [6.07, 6.45) is 0. The predicted molar refractivity (Wildman–Crippen MR) is 65.3 cm³/mol. The largest absolute Gasteiger partial charge is 0.497 e. The SMILES string of the molecule is COc1cccc(N=C2NC(=O)C(C)S2)c1. The molecule has 1 aliphatic rings. The molecule has 4 nitrogen and oxygen atoms in total. The van der Waals surface area contributed by atoms with Crippen LogP contribution in [0.4, 0.5) is 5.69 Å². The van der Waals surface area contributed by atoms with Gasteiger partial charge in [-0.3, -0.25) is 4.79 Å². The number of hydrogen-bond acceptors (Lipinski definition) is 4. The number of methoxy groups -OCH3 is 1. The molecule has 0 saturated carbocycles. The summed E-state index contributed by atoms with van der Waals surface area (Å²) in [4.78, 5) is 15.6. The molecule has 1 unspecified atom stereocenters. The zero-order valence-corrected chi connectivity index (χ0v) is 9.88. The number of amidine groups is 1. The molecule has 2 rings (SSSR count). The topological polar surface area (TPSA) is 50.7 Å². The number of aliphatic imine (C=N–C) groups is 1. The minimum absolute atomic E-state index is 0.00615. The molecule has 1 aliphatic heterocycles. The van der Waals surface area contributed by atoms with Gasteiger partial charge in [0.2, 0.25) is 5.91 Å². The second-order valence-corrected chi connectivity index (χ2v) is 4.70. The molecule has 1 amide bonds. The van der Waals surface area contributed by atoms with Crippen molar-refractivity contribution in [1.29, 1.82) is 0 Å². The lowest BCUT2D eigenvalue weighted by Crippen LogP contribution is -2.23. The number of hydrogen-bond donors (Lipinski definition) is 1. The van der Waals surface area contributed by atoms with Gasteiger partial charge in [-0.15, -0.1) is 0 Å². The number of ether oxygens (including phenoxy) is 1. The molecule has 0 aromatic heterocycles. The van der Waals surface area contributed by atoms with Gasteiger partial charge in [0.05, 0.1) is 18.0 Å². The highest BCUT2D eigenvalue weighted by atomic mass is 32.2. The van der Waals surface area contributed by atoms with Crippen LogP contribution in [0, 0.1) is 0 Å². The quantitative estimate of drug-likeness (QED) is 0.853. The second-order valence-electron chi connectivity index (χ2n) is 3.37. The van der Waals surface area contributed by atoms with E-state index in [4.69, 9.17) is 4.74 Å². The predicted octanol–water partition coefficient (Wildman–Crippen LogP) is 1.93. The van der Waals surface area contributed by atoms with E-state index in [9.17, 15) is 4.79 Å². The van der Waals surface area contributed by atoms with Crippen molar-refractivity contribution in [1.82, 2.24) is 5.32 Å². The maximum absolute atomic E-state index is 11.3. The molecule has 1 aromatic rings. The molecule has 0 radical (unpaired) electrons. The number of benzene rings is 1. The van der Waals surface area contributed by atoms with Crippen LogP contribution in [0.1, 0.15) is 6.92 Å². The summed E-state index contributed by atoms with van der Waals surface area (Å²) in [6, 6.07) is 7.41. The average molecular weight is 236 g/mol. The van der Waals surface area contributed by atoms with Gasteiger partial charge >= 0.3 is 0 Å². The summed E-state index contributed by atoms with van der Waals surface area (Å²) < 4.78 is 5.10. The van der Waals surface area contributed by atoms with Gasteiger partial charge in [-0.05, 0) is 19.1 Å². The number of rotatable bonds is 2. The van der Waals surface area contributed by atoms with E-state index >= 15 is 0 Å². The Hall–Kier alpha value is -1.49. The van der Waals surface area contributed by atoms with E-state index in [2.05, 4.69) is 10.3 Å². The summed E-state index contributed by atoms with van der Waals surface area (Å²) in [7, 11) is 1.61. The van der Waals surface area contributed by atoms with Crippen LogP contribution < -0.4 is 10.1 Å². The van der Waals surface area contributed by atoms with E-state index < -0.39 is 0 Å². The first kappa shape index (κ1) is 11.0. The standard InChI is InChI=1S/C11H12N2O2S/c1-7-10(14)13-11(16-7)12-8-4-3-5-9(6-8)15-2/h3-7H,1-2H3,(H,12,13,14). The van der Waals surface area contributed by atoms with Gasteiger partial charge in [-0.2, -0.15) is 0 Å². The maximum Gasteiger partial charge on any atom is 0.239 e. The van der Waals surface area contributed by atoms with Gasteiger partial charge in [-0.1, -0.05) is 17.8 Å². The van der Waals surface area contributed by atoms with Crippen LogP contribution >= 0.6 is 11.8 Å². The number of thioether (sulfide) groups is 1. The smallest absolute Gasteiger partial charge is 0.239 e. The molecular formula is C11H12N2O2S. The van der Waals surface area contributed by atoms with Crippen LogP contribution in [0.2, 0.25) is 0 Å². The summed E-state index contributed by atoms with van der Waals surface area (Å²) in [5, 5.41) is 3.30. The van der Waals surface area contributed by atoms with Crippen LogP contribution in [0.15, 0.2) is 29.3 Å². The van der Waals surface area contributed by atoms with Gasteiger partial charge in [0.25, 0.3) is 0 Å². The molecule has 16 heavy (non-hydrogen) atoms. The van der Waals surface area contributed by atoms with Crippen molar-refractivity contribution < 1.29 is 9.53 Å². The van der Waals surface area contributed by atoms with Crippen LogP contribution in [0.25, 0.3) is 0 Å². The highest BCUT2D eigenvalue weighted by molar-refractivity contribution is 8.15. The zero-order chi connectivity index (χ0) is 11.5. The monoisotopic (exact) mass is 236 g/mol. The number of amides is 1. The Balaban J connectivity index is 2.20. The lowest BCUT2D eigenvalue weighted by Gasteiger charge is -2.00. The highest BCUT2D eigenvalue weighted by Crippen LogP contribution is 2.24. The Labute approximate surface area is 98.1 Å². The lowest BCUT2D eigenvalue weighted by molar-refractivity contribution is -0.118. The van der Waals surface area contributed by atoms with E-state index in [1.807, 2.05) is 31.2 Å². The Morgan fingerprint density at radius 2 is 2.31 bits per heavy atom. The summed E-state index contributed by atoms with van der Waals surface area (Å²) in [6.45, 7) is 1.86. The molecule has 1 aromatic carbocycles. The zero-order valence-electron chi connectivity index (χ0n) is 9.06. The number of nitrogens with zero attached hydrogens (tertiary/aromatic N) is 1. The van der Waals surface area contributed by atoms with Gasteiger partial charge in [-0.25, -0.2) is 4.99 Å². The number of carbonyl (C=O) groups excluding carboxylic acids is 1. The van der Waals surface area contributed by atoms with E-state index in [1.165, 1.54) is 11.8 Å². The third-order valence-corrected chi connectivity index (χ3v) is 3.16. The average Bonchev–Trinajstić information content (AvgIpc) is 2.58. The molecule has 0 aliphatic carbocycles. The van der Waals surface area contributed by atoms with Crippen LogP contribution in [0.5, 0.6) is 5.75 Å². The number of carbonyl (C=O) groups is 1. The summed E-state index contributed by atoms with van der Waals surface area (Å²) in [5.74, 6) is 0.760. The Morgan fingerprint density at radius 3 is 2.94 bits per heavy atom. The van der Waals surface area contributed by atoms with Crippen molar-refractivity contribution in [2.24, 2.45) is 4.99 Å². The van der Waals surface area contributed by atoms with Crippen molar-refractivity contribution in [2.75, 3.05) is 7.11 Å². The molecule has 1 fully saturated rings. The summed E-state index contributed by atoms with van der Waals surface area (Å²) >= 11 is 1.43. The second kappa shape index (κ2) is 4.57. The van der Waals surface area contributed by atoms with E-state index in [-0.39, 0.29) is 11.2 Å². The van der Waals surface area contributed by atoms with Crippen molar-refractivity contribution >= 4 is 28.5 Å². The van der Waals surface area contributed by atoms with Gasteiger partial charge in [0.1, 0.15) is 5.75 Å². The molecule has 1 atom stereocenters. The normalized spacial score (nSPS) is 22.2. The molecule has 84 valence electrons. The Bertz CT molecular complexity index is 445. The first-order valence-electron chi connectivity index (χ1n) is 4.89. The van der Waals surface area contributed by atoms with Crippen molar-refractivity contribution in [3.63, 3.8) is 0 Å². The molecule has 1 heterocycles. The van der Waals surface area contributed by atoms with Crippen LogP contribution in [0.3, 0.4) is 0 Å². The van der Waals surface area contributed by atoms with Crippen LogP contribution in [-0.4, -0.2) is 23.4 Å². The van der Waals surface area contributed by atoms with E-state index in [1.54, 1.807) is 7.11 Å². The minimum atomic E-state index is -0.0654. The van der Waals surface area contributed by atoms with Gasteiger partial charge in [0, 0.05) is 6.07 Å². The molecular weight excluding hydrogens is 224 g/mol. The van der Waals surface area contributed by atoms with Crippen molar-refractivity contribution in [3.05, 3.63) is 24.3 Å². The molecule has 0 bridgehead atoms. The van der Waals surface area contributed by atoms with Gasteiger partial charge < -0.3 is 10.1 Å². The third-order valence-electron chi connectivity index (χ3n) is 2.17. The van der Waals surface area contributed by atoms with Gasteiger partial charge in [0.15, 0.2) is 5.17 Å². The first-order chi connectivity index (χ1) is 7.69. The molecule has 1 saturated heterocycles. The first-order valence-corrected chi connectivity index (χ1v) is 5.77. The van der Waals surface area contributed by atoms with Crippen molar-refractivity contribution in [3.8, 4) is 5.75 Å². The number of nitrogens with one attached hydrogen (secondary N) is 1. The molecule has 1 N–H and O–H groups in total. The molecule has 5 heteroatoms. The fraction of sp³-hybridized carbons (Fsp3) is 0.273. The molecule has 0 spiro atoms. The maximum atomic E-state index is 11.3. The fourth-order valence-electron chi connectivity index (χ4n) is 1.31. The summed E-state index contributed by atoms with van der Waals surface area (Å²) in [5.41, 5.74) is 0.774. The highest BCUT2D eigenvalue weighted by Gasteiger charge is 2.25. The van der Waals surface area contributed by atoms with E-state index in [0.717, 1.165) is 11.4 Å². The lowest BCUT2D eigenvalue weighted by atomic mass is 10.3.